The maximum absolute atomic E-state index is 13.4. The highest BCUT2D eigenvalue weighted by molar-refractivity contribution is 9.10. The molecule has 130 valence electrons. The lowest BCUT2D eigenvalue weighted by atomic mass is 10.0. The summed E-state index contributed by atoms with van der Waals surface area (Å²) < 4.78 is 28.1. The zero-order valence-electron chi connectivity index (χ0n) is 12.4. The molecule has 1 aromatic carbocycles. The van der Waals surface area contributed by atoms with Gasteiger partial charge in [0.1, 0.15) is 16.1 Å². The molecule has 0 aliphatic carbocycles. The first kappa shape index (κ1) is 17.1. The van der Waals surface area contributed by atoms with Crippen molar-refractivity contribution in [3.05, 3.63) is 57.8 Å². The van der Waals surface area contributed by atoms with Gasteiger partial charge in [-0.25, -0.2) is 18.6 Å². The lowest BCUT2D eigenvalue weighted by molar-refractivity contribution is 0.189. The number of hydrogen-bond donors (Lipinski definition) is 3. The Bertz CT molecular complexity index is 943. The molecule has 1 amide bonds. The van der Waals surface area contributed by atoms with E-state index in [0.717, 1.165) is 22.7 Å². The molecule has 3 aromatic rings. The van der Waals surface area contributed by atoms with E-state index in [0.29, 0.717) is 5.65 Å². The van der Waals surface area contributed by atoms with Crippen LogP contribution in [0, 0.1) is 11.6 Å². The topological polar surface area (TPSA) is 99.8 Å². The van der Waals surface area contributed by atoms with Gasteiger partial charge < -0.3 is 15.5 Å². The largest absolute Gasteiger partial charge is 0.492 e. The van der Waals surface area contributed by atoms with Crippen LogP contribution in [0.2, 0.25) is 0 Å². The molecular formula is C15H11BrF2N4O3. The normalized spacial score (nSPS) is 12.3. The van der Waals surface area contributed by atoms with Gasteiger partial charge in [-0.05, 0) is 40.0 Å². The number of nitrogens with zero attached hydrogens (tertiary/aromatic N) is 3. The van der Waals surface area contributed by atoms with Crippen LogP contribution in [0.15, 0.2) is 34.9 Å². The summed E-state index contributed by atoms with van der Waals surface area (Å²) in [4.78, 5) is 15.4. The van der Waals surface area contributed by atoms with E-state index < -0.39 is 23.8 Å². The van der Waals surface area contributed by atoms with Crippen LogP contribution in [0.4, 0.5) is 13.6 Å². The summed E-state index contributed by atoms with van der Waals surface area (Å²) in [6, 6.07) is 3.49. The first-order valence-corrected chi connectivity index (χ1v) is 7.81. The highest BCUT2D eigenvalue weighted by Gasteiger charge is 2.23. The number of fused-ring (bicyclic) bond motifs is 1. The van der Waals surface area contributed by atoms with Crippen molar-refractivity contribution in [3.8, 4) is 5.88 Å². The Morgan fingerprint density at radius 3 is 2.64 bits per heavy atom. The summed E-state index contributed by atoms with van der Waals surface area (Å²) in [6.07, 6.45) is -0.000596. The zero-order valence-corrected chi connectivity index (χ0v) is 14.0. The van der Waals surface area contributed by atoms with Gasteiger partial charge in [-0.2, -0.15) is 9.61 Å². The average molecular weight is 413 g/mol. The van der Waals surface area contributed by atoms with Crippen LogP contribution < -0.4 is 5.32 Å². The predicted molar refractivity (Wildman–Crippen MR) is 86.3 cm³/mol. The van der Waals surface area contributed by atoms with Crippen LogP contribution in [0.3, 0.4) is 0 Å². The van der Waals surface area contributed by atoms with Crippen LogP contribution in [-0.4, -0.2) is 30.9 Å². The molecule has 0 bridgehead atoms. The van der Waals surface area contributed by atoms with Crippen LogP contribution >= 0.6 is 15.9 Å². The maximum atomic E-state index is 13.4. The van der Waals surface area contributed by atoms with Gasteiger partial charge in [0.05, 0.1) is 17.9 Å². The summed E-state index contributed by atoms with van der Waals surface area (Å²) in [7, 11) is 0. The number of carboxylic acid groups (broad SMARTS) is 1. The molecule has 0 fully saturated rings. The molecule has 7 nitrogen and oxygen atoms in total. The maximum Gasteiger partial charge on any atom is 0.405 e. The van der Waals surface area contributed by atoms with Crippen molar-refractivity contribution >= 4 is 27.7 Å². The Balaban J connectivity index is 2.06. The van der Waals surface area contributed by atoms with Crippen LogP contribution in [0.25, 0.3) is 5.65 Å². The molecule has 3 N–H and O–H groups in total. The van der Waals surface area contributed by atoms with E-state index in [-0.39, 0.29) is 28.0 Å². The van der Waals surface area contributed by atoms with Crippen LogP contribution in [0.5, 0.6) is 5.88 Å². The first-order valence-electron chi connectivity index (χ1n) is 7.01. The van der Waals surface area contributed by atoms with Gasteiger partial charge in [0.15, 0.2) is 5.65 Å². The standard InChI is InChI=1S/C15H11BrF2N4O3/c16-12-13(21-11-1-2-19-22(11)14(12)23)10(20-15(24)25)5-7-3-8(17)6-9(18)4-7/h1-4,6,10,20,23H,5H2,(H,24,25)/t10-/m0/s1. The van der Waals surface area contributed by atoms with Gasteiger partial charge in [0, 0.05) is 12.1 Å². The number of aromatic nitrogens is 3. The van der Waals surface area contributed by atoms with Gasteiger partial charge in [0.25, 0.3) is 0 Å². The molecular weight excluding hydrogens is 402 g/mol. The summed E-state index contributed by atoms with van der Waals surface area (Å²) in [5.74, 6) is -1.82. The highest BCUT2D eigenvalue weighted by Crippen LogP contribution is 2.32. The molecule has 0 aliphatic rings. The first-order chi connectivity index (χ1) is 11.8. The van der Waals surface area contributed by atoms with E-state index in [4.69, 9.17) is 5.11 Å². The van der Waals surface area contributed by atoms with Crippen molar-refractivity contribution in [1.29, 1.82) is 0 Å². The second-order valence-electron chi connectivity index (χ2n) is 5.22. The Morgan fingerprint density at radius 1 is 1.32 bits per heavy atom. The molecule has 0 unspecified atom stereocenters. The second kappa shape index (κ2) is 6.63. The number of benzene rings is 1. The monoisotopic (exact) mass is 412 g/mol. The number of hydrogen-bond acceptors (Lipinski definition) is 4. The number of nitrogens with one attached hydrogen (secondary N) is 1. The molecule has 0 radical (unpaired) electrons. The van der Waals surface area contributed by atoms with E-state index >= 15 is 0 Å². The highest BCUT2D eigenvalue weighted by atomic mass is 79.9. The van der Waals surface area contributed by atoms with Crippen molar-refractivity contribution in [2.75, 3.05) is 0 Å². The SMILES string of the molecule is O=C(O)N[C@@H](Cc1cc(F)cc(F)c1)c1nc2ccnn2c(O)c1Br. The minimum absolute atomic E-state index is 0.0731. The Hall–Kier alpha value is -2.75. The van der Waals surface area contributed by atoms with E-state index in [2.05, 4.69) is 31.3 Å². The van der Waals surface area contributed by atoms with E-state index in [9.17, 15) is 18.7 Å². The molecule has 3 rings (SSSR count). The molecule has 10 heteroatoms. The summed E-state index contributed by atoms with van der Waals surface area (Å²) in [6.45, 7) is 0. The van der Waals surface area contributed by atoms with Crippen LogP contribution in [-0.2, 0) is 6.42 Å². The lowest BCUT2D eigenvalue weighted by Crippen LogP contribution is -2.29. The summed E-state index contributed by atoms with van der Waals surface area (Å²) in [5.41, 5.74) is 0.689. The molecule has 25 heavy (non-hydrogen) atoms. The fourth-order valence-corrected chi connectivity index (χ4v) is 3.02. The number of halogens is 3. The summed E-state index contributed by atoms with van der Waals surface area (Å²) >= 11 is 3.16. The van der Waals surface area contributed by atoms with Gasteiger partial charge in [-0.3, -0.25) is 0 Å². The van der Waals surface area contributed by atoms with Crippen molar-refractivity contribution in [2.24, 2.45) is 0 Å². The number of aromatic hydroxyl groups is 1. The predicted octanol–water partition coefficient (Wildman–Crippen LogP) is 3.03. The quantitative estimate of drug-likeness (QED) is 0.611. The van der Waals surface area contributed by atoms with E-state index in [1.54, 1.807) is 0 Å². The second-order valence-corrected chi connectivity index (χ2v) is 6.01. The molecule has 2 aromatic heterocycles. The van der Waals surface area contributed by atoms with Crippen molar-refractivity contribution in [1.82, 2.24) is 19.9 Å². The van der Waals surface area contributed by atoms with Gasteiger partial charge >= 0.3 is 6.09 Å². The van der Waals surface area contributed by atoms with Crippen molar-refractivity contribution < 1.29 is 23.8 Å². The van der Waals surface area contributed by atoms with Crippen LogP contribution in [0.1, 0.15) is 17.3 Å². The third-order valence-electron chi connectivity index (χ3n) is 3.47. The molecule has 2 heterocycles. The molecule has 1 atom stereocenters. The van der Waals surface area contributed by atoms with Crippen molar-refractivity contribution in [2.45, 2.75) is 12.5 Å². The third-order valence-corrected chi connectivity index (χ3v) is 4.23. The minimum atomic E-state index is -1.34. The molecule has 0 aliphatic heterocycles. The third kappa shape index (κ3) is 3.53. The Morgan fingerprint density at radius 2 is 2.00 bits per heavy atom. The Labute approximate surface area is 148 Å². The number of carbonyl (C=O) groups is 1. The summed E-state index contributed by atoms with van der Waals surface area (Å²) in [5, 5.41) is 25.4. The lowest BCUT2D eigenvalue weighted by Gasteiger charge is -2.19. The molecule has 0 saturated heterocycles. The van der Waals surface area contributed by atoms with E-state index in [1.807, 2.05) is 0 Å². The zero-order chi connectivity index (χ0) is 18.1. The smallest absolute Gasteiger partial charge is 0.405 e. The number of amides is 1. The van der Waals surface area contributed by atoms with Gasteiger partial charge in [0.2, 0.25) is 5.88 Å². The number of rotatable bonds is 4. The molecule has 0 spiro atoms. The fourth-order valence-electron chi connectivity index (χ4n) is 2.48. The molecule has 0 saturated carbocycles. The minimum Gasteiger partial charge on any atom is -0.492 e. The Kier molecular flexibility index (Phi) is 4.53. The van der Waals surface area contributed by atoms with Crippen molar-refractivity contribution in [3.63, 3.8) is 0 Å². The van der Waals surface area contributed by atoms with Gasteiger partial charge in [-0.15, -0.1) is 0 Å². The fraction of sp³-hybridized carbons (Fsp3) is 0.133. The van der Waals surface area contributed by atoms with E-state index in [1.165, 1.54) is 12.3 Å². The average Bonchev–Trinajstić information content (AvgIpc) is 2.97. The van der Waals surface area contributed by atoms with Gasteiger partial charge in [-0.1, -0.05) is 0 Å².